The van der Waals surface area contributed by atoms with E-state index in [1.165, 1.54) is 16.2 Å². The first-order valence-corrected chi connectivity index (χ1v) is 8.89. The molecule has 0 spiro atoms. The van der Waals surface area contributed by atoms with Gasteiger partial charge >= 0.3 is 0 Å². The predicted octanol–water partition coefficient (Wildman–Crippen LogP) is 3.42. The lowest BCUT2D eigenvalue weighted by Gasteiger charge is -2.09. The molecule has 2 heterocycles. The van der Waals surface area contributed by atoms with Crippen LogP contribution in [0.25, 0.3) is 0 Å². The van der Waals surface area contributed by atoms with Crippen molar-refractivity contribution in [2.75, 3.05) is 11.9 Å². The van der Waals surface area contributed by atoms with E-state index in [0.717, 1.165) is 10.1 Å². The molecule has 2 aromatic heterocycles. The van der Waals surface area contributed by atoms with Gasteiger partial charge in [-0.25, -0.2) is 0 Å². The Labute approximate surface area is 135 Å². The van der Waals surface area contributed by atoms with Crippen LogP contribution < -0.4 is 5.32 Å². The molecule has 8 heteroatoms. The van der Waals surface area contributed by atoms with Gasteiger partial charge in [0.05, 0.1) is 6.61 Å². The fourth-order valence-corrected chi connectivity index (χ4v) is 3.87. The number of nitrogens with one attached hydrogen (secondary N) is 1. The Bertz CT molecular complexity index is 583. The van der Waals surface area contributed by atoms with Crippen LogP contribution in [-0.4, -0.2) is 28.8 Å². The molecule has 0 unspecified atom stereocenters. The van der Waals surface area contributed by atoms with Crippen molar-refractivity contribution in [2.45, 2.75) is 23.1 Å². The molecule has 0 aliphatic carbocycles. The third-order valence-electron chi connectivity index (χ3n) is 2.39. The standard InChI is InChI=1S/C13H15N3O2S3/c1-3-6-18-9(2)11(17)14-12-15-16-13(21-12)20-8-10-5-4-7-19-10/h3-5,7,9H,1,6,8H2,2H3,(H,14,15,17)/t9-/m1/s1. The van der Waals surface area contributed by atoms with Gasteiger partial charge in [-0.05, 0) is 18.4 Å². The number of thioether (sulfide) groups is 1. The van der Waals surface area contributed by atoms with E-state index in [1.54, 1.807) is 36.1 Å². The van der Waals surface area contributed by atoms with E-state index >= 15 is 0 Å². The summed E-state index contributed by atoms with van der Waals surface area (Å²) in [4.78, 5) is 13.1. The Morgan fingerprint density at radius 3 is 3.19 bits per heavy atom. The van der Waals surface area contributed by atoms with Gasteiger partial charge < -0.3 is 4.74 Å². The minimum Gasteiger partial charge on any atom is -0.365 e. The molecule has 0 bridgehead atoms. The molecule has 1 atom stereocenters. The van der Waals surface area contributed by atoms with E-state index in [2.05, 4.69) is 28.2 Å². The fraction of sp³-hybridized carbons (Fsp3) is 0.308. The van der Waals surface area contributed by atoms with Crippen LogP contribution in [0.3, 0.4) is 0 Å². The largest absolute Gasteiger partial charge is 0.365 e. The highest BCUT2D eigenvalue weighted by Crippen LogP contribution is 2.29. The van der Waals surface area contributed by atoms with Gasteiger partial charge in [-0.1, -0.05) is 35.2 Å². The summed E-state index contributed by atoms with van der Waals surface area (Å²) >= 11 is 4.68. The second-order valence-corrected chi connectivity index (χ2v) is 7.23. The van der Waals surface area contributed by atoms with Crippen LogP contribution in [0.1, 0.15) is 11.8 Å². The maximum atomic E-state index is 11.8. The average molecular weight is 341 g/mol. The zero-order valence-electron chi connectivity index (χ0n) is 11.4. The summed E-state index contributed by atoms with van der Waals surface area (Å²) in [6, 6.07) is 4.11. The van der Waals surface area contributed by atoms with Crippen LogP contribution >= 0.6 is 34.4 Å². The smallest absolute Gasteiger partial charge is 0.255 e. The first-order chi connectivity index (χ1) is 10.2. The van der Waals surface area contributed by atoms with Crippen LogP contribution in [0.2, 0.25) is 0 Å². The van der Waals surface area contributed by atoms with Crippen molar-refractivity contribution in [1.29, 1.82) is 0 Å². The molecule has 2 aromatic rings. The molecule has 0 saturated heterocycles. The summed E-state index contributed by atoms with van der Waals surface area (Å²) in [5.74, 6) is 0.627. The number of hydrogen-bond acceptors (Lipinski definition) is 7. The molecule has 0 aliphatic heterocycles. The first-order valence-electron chi connectivity index (χ1n) is 6.21. The van der Waals surface area contributed by atoms with Crippen molar-refractivity contribution in [2.24, 2.45) is 0 Å². The molecule has 0 radical (unpaired) electrons. The number of thiophene rings is 1. The van der Waals surface area contributed by atoms with E-state index in [0.29, 0.717) is 11.7 Å². The minimum absolute atomic E-state index is 0.234. The number of rotatable bonds is 8. The molecule has 0 fully saturated rings. The van der Waals surface area contributed by atoms with Gasteiger partial charge in [0.25, 0.3) is 5.91 Å². The van der Waals surface area contributed by atoms with E-state index < -0.39 is 6.10 Å². The van der Waals surface area contributed by atoms with Crippen LogP contribution in [-0.2, 0) is 15.3 Å². The molecular formula is C13H15N3O2S3. The van der Waals surface area contributed by atoms with Crippen LogP contribution in [0.15, 0.2) is 34.5 Å². The fourth-order valence-electron chi connectivity index (χ4n) is 1.34. The normalized spacial score (nSPS) is 12.0. The highest BCUT2D eigenvalue weighted by molar-refractivity contribution is 8.00. The maximum Gasteiger partial charge on any atom is 0.255 e. The van der Waals surface area contributed by atoms with Gasteiger partial charge in [-0.15, -0.1) is 28.1 Å². The number of aromatic nitrogens is 2. The first kappa shape index (κ1) is 16.2. The van der Waals surface area contributed by atoms with Crippen molar-refractivity contribution >= 4 is 45.5 Å². The Kier molecular flexibility index (Phi) is 6.37. The summed E-state index contributed by atoms with van der Waals surface area (Å²) in [5, 5.41) is 13.3. The molecule has 2 rings (SSSR count). The number of nitrogens with zero attached hydrogens (tertiary/aromatic N) is 2. The van der Waals surface area contributed by atoms with Crippen LogP contribution in [0.5, 0.6) is 0 Å². The van der Waals surface area contributed by atoms with Gasteiger partial charge in [0.1, 0.15) is 6.10 Å². The van der Waals surface area contributed by atoms with Crippen molar-refractivity contribution in [3.05, 3.63) is 35.0 Å². The summed E-state index contributed by atoms with van der Waals surface area (Å²) < 4.78 is 6.08. The van der Waals surface area contributed by atoms with Crippen molar-refractivity contribution in [3.8, 4) is 0 Å². The Morgan fingerprint density at radius 2 is 2.48 bits per heavy atom. The zero-order valence-corrected chi connectivity index (χ0v) is 13.9. The summed E-state index contributed by atoms with van der Waals surface area (Å²) in [6.07, 6.45) is 1.06. The number of amides is 1. The second-order valence-electron chi connectivity index (χ2n) is 3.99. The van der Waals surface area contributed by atoms with Crippen molar-refractivity contribution < 1.29 is 9.53 Å². The Hall–Kier alpha value is -1.22. The Balaban J connectivity index is 1.82. The maximum absolute atomic E-state index is 11.8. The average Bonchev–Trinajstić information content (AvgIpc) is 3.13. The van der Waals surface area contributed by atoms with Crippen LogP contribution in [0.4, 0.5) is 5.13 Å². The topological polar surface area (TPSA) is 64.1 Å². The van der Waals surface area contributed by atoms with Crippen LogP contribution in [0, 0.1) is 0 Å². The molecular weight excluding hydrogens is 326 g/mol. The second kappa shape index (κ2) is 8.28. The van der Waals surface area contributed by atoms with E-state index in [1.807, 2.05) is 11.4 Å². The molecule has 0 aromatic carbocycles. The van der Waals surface area contributed by atoms with Gasteiger partial charge in [-0.3, -0.25) is 10.1 Å². The highest BCUT2D eigenvalue weighted by Gasteiger charge is 2.15. The molecule has 1 N–H and O–H groups in total. The lowest BCUT2D eigenvalue weighted by Crippen LogP contribution is -2.27. The molecule has 1 amide bonds. The Morgan fingerprint density at radius 1 is 1.62 bits per heavy atom. The zero-order chi connectivity index (χ0) is 15.1. The summed E-state index contributed by atoms with van der Waals surface area (Å²) in [5.41, 5.74) is 0. The highest BCUT2D eigenvalue weighted by atomic mass is 32.2. The van der Waals surface area contributed by atoms with E-state index in [4.69, 9.17) is 4.74 Å². The summed E-state index contributed by atoms with van der Waals surface area (Å²) in [7, 11) is 0. The number of carbonyl (C=O) groups is 1. The molecule has 0 aliphatic rings. The van der Waals surface area contributed by atoms with Gasteiger partial charge in [0.15, 0.2) is 4.34 Å². The number of hydrogen-bond donors (Lipinski definition) is 1. The molecule has 112 valence electrons. The molecule has 21 heavy (non-hydrogen) atoms. The van der Waals surface area contributed by atoms with Gasteiger partial charge in [0, 0.05) is 10.6 Å². The summed E-state index contributed by atoms with van der Waals surface area (Å²) in [6.45, 7) is 5.57. The number of ether oxygens (including phenoxy) is 1. The van der Waals surface area contributed by atoms with Crippen molar-refractivity contribution in [3.63, 3.8) is 0 Å². The monoisotopic (exact) mass is 341 g/mol. The van der Waals surface area contributed by atoms with Gasteiger partial charge in [0.2, 0.25) is 5.13 Å². The lowest BCUT2D eigenvalue weighted by atomic mass is 10.4. The third-order valence-corrected chi connectivity index (χ3v) is 5.47. The van der Waals surface area contributed by atoms with Crippen molar-refractivity contribution in [1.82, 2.24) is 10.2 Å². The molecule has 5 nitrogen and oxygen atoms in total. The predicted molar refractivity (Wildman–Crippen MR) is 88.0 cm³/mol. The number of carbonyl (C=O) groups excluding carboxylic acids is 1. The third kappa shape index (κ3) is 5.24. The SMILES string of the molecule is C=CCO[C@H](C)C(=O)Nc1nnc(SCc2cccs2)s1. The molecule has 0 saturated carbocycles. The van der Waals surface area contributed by atoms with E-state index in [-0.39, 0.29) is 5.91 Å². The van der Waals surface area contributed by atoms with E-state index in [9.17, 15) is 4.79 Å². The minimum atomic E-state index is -0.547. The lowest BCUT2D eigenvalue weighted by molar-refractivity contribution is -0.125. The van der Waals surface area contributed by atoms with Gasteiger partial charge in [-0.2, -0.15) is 0 Å². The quantitative estimate of drug-likeness (QED) is 0.453. The number of anilines is 1.